The van der Waals surface area contributed by atoms with E-state index < -0.39 is 91.3 Å². The lowest BCUT2D eigenvalue weighted by Crippen LogP contribution is -2.52. The zero-order chi connectivity index (χ0) is 41.7. The predicted octanol–water partition coefficient (Wildman–Crippen LogP) is 7.78. The van der Waals surface area contributed by atoms with Gasteiger partial charge in [-0.05, 0) is 67.9 Å². The minimum atomic E-state index is -4.79. The van der Waals surface area contributed by atoms with Crippen molar-refractivity contribution in [3.63, 3.8) is 0 Å². The number of nitrogens with zero attached hydrogens (tertiary/aromatic N) is 7. The Hall–Kier alpha value is -5.27. The first kappa shape index (κ1) is 41.4. The molecule has 0 unspecified atom stereocenters. The number of aromatic nitrogens is 6. The van der Waals surface area contributed by atoms with E-state index >= 15 is 0 Å². The molecule has 306 valence electrons. The van der Waals surface area contributed by atoms with Crippen molar-refractivity contribution in [2.75, 3.05) is 6.61 Å². The van der Waals surface area contributed by atoms with Crippen LogP contribution in [0, 0.1) is 10.8 Å². The molecule has 57 heavy (non-hydrogen) atoms. The number of amides is 2. The number of allylic oxidation sites excluding steroid dienone is 3. The molecule has 1 saturated heterocycles. The van der Waals surface area contributed by atoms with E-state index in [4.69, 9.17) is 21.7 Å². The molecular weight excluding hydrogens is 789 g/mol. The third-order valence-electron chi connectivity index (χ3n) is 10.2. The summed E-state index contributed by atoms with van der Waals surface area (Å²) >= 11 is 6.39. The lowest BCUT2D eigenvalue weighted by Gasteiger charge is -2.36. The van der Waals surface area contributed by atoms with Crippen molar-refractivity contribution in [3.05, 3.63) is 77.4 Å². The fourth-order valence-corrected chi connectivity index (χ4v) is 6.70. The van der Waals surface area contributed by atoms with Crippen molar-refractivity contribution in [2.24, 2.45) is 5.41 Å². The van der Waals surface area contributed by atoms with Crippen LogP contribution in [0.3, 0.4) is 0 Å². The normalized spacial score (nSPS) is 20.4. The number of guanidine groups is 1. The fourth-order valence-electron chi connectivity index (χ4n) is 6.50. The third-order valence-corrected chi connectivity index (χ3v) is 10.5. The quantitative estimate of drug-likeness (QED) is 0.104. The van der Waals surface area contributed by atoms with Crippen LogP contribution in [0.5, 0.6) is 0 Å². The maximum atomic E-state index is 14.9. The van der Waals surface area contributed by atoms with Crippen LogP contribution in [-0.2, 0) is 9.53 Å². The summed E-state index contributed by atoms with van der Waals surface area (Å²) in [5, 5.41) is 25.8. The second kappa shape index (κ2) is 15.2. The Kier molecular flexibility index (Phi) is 11.1. The third kappa shape index (κ3) is 8.13. The van der Waals surface area contributed by atoms with E-state index in [-0.39, 0.29) is 32.4 Å². The van der Waals surface area contributed by atoms with Crippen molar-refractivity contribution in [1.29, 1.82) is 5.41 Å². The van der Waals surface area contributed by atoms with Gasteiger partial charge < -0.3 is 15.4 Å². The van der Waals surface area contributed by atoms with Gasteiger partial charge in [-0.25, -0.2) is 18.6 Å². The van der Waals surface area contributed by atoms with Gasteiger partial charge in [-0.2, -0.15) is 46.7 Å². The summed E-state index contributed by atoms with van der Waals surface area (Å²) < 4.78 is 103. The summed E-state index contributed by atoms with van der Waals surface area (Å²) in [6.07, 6.45) is -1.71. The summed E-state index contributed by atoms with van der Waals surface area (Å²) in [4.78, 5) is 34.0. The van der Waals surface area contributed by atoms with Crippen LogP contribution in [0.4, 0.5) is 35.5 Å². The van der Waals surface area contributed by atoms with Crippen LogP contribution in [-0.4, -0.2) is 82.9 Å². The molecule has 1 aromatic carbocycles. The Labute approximate surface area is 326 Å². The molecule has 1 aliphatic heterocycles. The molecule has 0 radical (unpaired) electrons. The lowest BCUT2D eigenvalue weighted by molar-refractivity contribution is -0.164. The molecule has 3 heterocycles. The van der Waals surface area contributed by atoms with E-state index in [9.17, 15) is 40.3 Å². The van der Waals surface area contributed by atoms with Gasteiger partial charge in [0.2, 0.25) is 6.43 Å². The van der Waals surface area contributed by atoms with E-state index in [0.29, 0.717) is 11.3 Å². The highest BCUT2D eigenvalue weighted by molar-refractivity contribution is 6.33. The number of ether oxygens (including phenoxy) is 1. The summed E-state index contributed by atoms with van der Waals surface area (Å²) in [7, 11) is 0. The van der Waals surface area contributed by atoms with Crippen LogP contribution >= 0.6 is 11.6 Å². The SMILES string of the molecule is C=C(/C=C\C(=C/C)c1cnn(C2CC2)n1)[C@@]1(CC(C)(C)C(F)F)NC(=N)N([C@H](COC(=O)NC2(C(F)(F)F)CC2)c2ccc(Cl)c(-c3ncnn3C(F)F)c2)C1=O. The molecule has 2 amide bonds. The molecule has 0 bridgehead atoms. The lowest BCUT2D eigenvalue weighted by atomic mass is 9.74. The van der Waals surface area contributed by atoms with Gasteiger partial charge in [-0.1, -0.05) is 56.3 Å². The summed E-state index contributed by atoms with van der Waals surface area (Å²) in [5.41, 5.74) is -5.66. The van der Waals surface area contributed by atoms with Gasteiger partial charge in [0.25, 0.3) is 5.91 Å². The van der Waals surface area contributed by atoms with Gasteiger partial charge in [0.1, 0.15) is 29.7 Å². The van der Waals surface area contributed by atoms with Gasteiger partial charge >= 0.3 is 18.8 Å². The Bertz CT molecular complexity index is 2120. The number of rotatable bonds is 15. The van der Waals surface area contributed by atoms with Crippen molar-refractivity contribution >= 4 is 35.1 Å². The molecule has 3 aromatic rings. The zero-order valence-electron chi connectivity index (χ0n) is 30.8. The number of carbonyl (C=O) groups excluding carboxylic acids is 2. The van der Waals surface area contributed by atoms with Crippen molar-refractivity contribution in [3.8, 4) is 11.4 Å². The van der Waals surface area contributed by atoms with E-state index in [1.54, 1.807) is 30.1 Å². The number of alkyl carbamates (subject to hydrolysis) is 1. The number of alkyl halides is 7. The fraction of sp³-hybridized carbons (Fsp3) is 0.472. The Morgan fingerprint density at radius 2 is 1.88 bits per heavy atom. The zero-order valence-corrected chi connectivity index (χ0v) is 31.5. The molecule has 2 saturated carbocycles. The van der Waals surface area contributed by atoms with Gasteiger partial charge in [-0.15, -0.1) is 0 Å². The van der Waals surface area contributed by atoms with Crippen LogP contribution in [0.1, 0.15) is 82.8 Å². The molecule has 2 atom stereocenters. The smallest absolute Gasteiger partial charge is 0.411 e. The first-order valence-corrected chi connectivity index (χ1v) is 18.0. The number of halogens is 8. The van der Waals surface area contributed by atoms with Crippen LogP contribution < -0.4 is 10.6 Å². The van der Waals surface area contributed by atoms with E-state index in [2.05, 4.69) is 32.2 Å². The molecule has 6 rings (SSSR count). The minimum absolute atomic E-state index is 0.0112. The Balaban J connectivity index is 1.39. The number of hydrogen-bond donors (Lipinski definition) is 3. The van der Waals surface area contributed by atoms with Crippen LogP contribution in [0.15, 0.2) is 61.1 Å². The van der Waals surface area contributed by atoms with Crippen molar-refractivity contribution in [2.45, 2.75) is 95.2 Å². The number of benzene rings is 1. The maximum absolute atomic E-state index is 14.9. The maximum Gasteiger partial charge on any atom is 0.411 e. The van der Waals surface area contributed by atoms with Gasteiger partial charge in [0, 0.05) is 11.0 Å². The van der Waals surface area contributed by atoms with Crippen LogP contribution in [0.25, 0.3) is 17.0 Å². The highest BCUT2D eigenvalue weighted by Crippen LogP contribution is 2.49. The average Bonchev–Trinajstić information content (AvgIpc) is 4.01. The predicted molar refractivity (Wildman–Crippen MR) is 192 cm³/mol. The van der Waals surface area contributed by atoms with E-state index in [1.807, 2.05) is 5.32 Å². The largest absolute Gasteiger partial charge is 0.447 e. The molecule has 21 heteroatoms. The molecule has 3 N–H and O–H groups in total. The average molecular weight is 827 g/mol. The Morgan fingerprint density at radius 3 is 2.47 bits per heavy atom. The number of nitrogens with one attached hydrogen (secondary N) is 3. The Morgan fingerprint density at radius 1 is 1.18 bits per heavy atom. The van der Waals surface area contributed by atoms with Gasteiger partial charge in [0.15, 0.2) is 11.8 Å². The van der Waals surface area contributed by atoms with Crippen molar-refractivity contribution < 1.29 is 45.1 Å². The minimum Gasteiger partial charge on any atom is -0.447 e. The molecule has 0 spiro atoms. The standard InChI is InChI=1S/C36H38ClF7N10O3/c1-5-20(25-15-47-54(51-25)22-9-10-22)7-6-19(2)35(17-33(3,4)28(38)39)29(55)52(31(45)49-35)26(16-57-32(56)50-34(12-13-34)36(42,43)44)21-8-11-24(37)23(14-21)27-46-18-48-53(27)30(40)41/h5-8,11,14-15,18,22,26,28,30H,2,9-10,12-13,16-17H2,1,3-4H3,(H2,45,49)(H,50,56)/b7-6-,20-5+/t26-,35-/m1/s1. The second-order valence-corrected chi connectivity index (χ2v) is 15.2. The van der Waals surface area contributed by atoms with E-state index in [1.165, 1.54) is 38.1 Å². The highest BCUT2D eigenvalue weighted by Gasteiger charge is 2.65. The molecular formula is C36H38ClF7N10O3. The van der Waals surface area contributed by atoms with Crippen LogP contribution in [0.2, 0.25) is 5.02 Å². The van der Waals surface area contributed by atoms with Gasteiger partial charge in [0.05, 0.1) is 23.3 Å². The summed E-state index contributed by atoms with van der Waals surface area (Å²) in [5.74, 6) is -2.08. The number of hydrogen-bond acceptors (Lipinski definition) is 8. The topological polar surface area (TPSA) is 156 Å². The second-order valence-electron chi connectivity index (χ2n) is 14.8. The molecule has 2 aromatic heterocycles. The molecule has 3 fully saturated rings. The molecule has 2 aliphatic carbocycles. The summed E-state index contributed by atoms with van der Waals surface area (Å²) in [6.45, 7) is 4.18. The van der Waals surface area contributed by atoms with Crippen molar-refractivity contribution in [1.82, 2.24) is 45.3 Å². The molecule has 3 aliphatic rings. The van der Waals surface area contributed by atoms with E-state index in [0.717, 1.165) is 24.1 Å². The highest BCUT2D eigenvalue weighted by atomic mass is 35.5. The monoisotopic (exact) mass is 826 g/mol. The summed E-state index contributed by atoms with van der Waals surface area (Å²) in [6, 6.07) is 2.39. The molecule has 13 nitrogen and oxygen atoms in total. The first-order chi connectivity index (χ1) is 26.7. The number of carbonyl (C=O) groups is 2. The van der Waals surface area contributed by atoms with Gasteiger partial charge in [-0.3, -0.25) is 15.1 Å². The first-order valence-electron chi connectivity index (χ1n) is 17.7.